The van der Waals surface area contributed by atoms with E-state index in [1.807, 2.05) is 12.1 Å². The molecule has 0 aliphatic carbocycles. The molecule has 3 rings (SSSR count). The summed E-state index contributed by atoms with van der Waals surface area (Å²) < 4.78 is 0. The van der Waals surface area contributed by atoms with Gasteiger partial charge in [-0.1, -0.05) is 24.3 Å². The number of carbonyl (C=O) groups is 2. The molecule has 0 bridgehead atoms. The van der Waals surface area contributed by atoms with Gasteiger partial charge < -0.3 is 15.1 Å². The lowest BCUT2D eigenvalue weighted by molar-refractivity contribution is -0.119. The molecule has 1 fully saturated rings. The highest BCUT2D eigenvalue weighted by molar-refractivity contribution is 5.92. The summed E-state index contributed by atoms with van der Waals surface area (Å²) >= 11 is 0. The van der Waals surface area contributed by atoms with Crippen LogP contribution < -0.4 is 5.32 Å². The maximum Gasteiger partial charge on any atom is 0.274 e. The molecule has 1 aliphatic heterocycles. The second-order valence-electron chi connectivity index (χ2n) is 6.00. The van der Waals surface area contributed by atoms with Gasteiger partial charge in [0, 0.05) is 32.7 Å². The molecule has 2 heterocycles. The summed E-state index contributed by atoms with van der Waals surface area (Å²) in [5.74, 6) is 0.481. The first-order valence-electron chi connectivity index (χ1n) is 8.26. The number of rotatable bonds is 5. The van der Waals surface area contributed by atoms with Gasteiger partial charge in [0.2, 0.25) is 6.41 Å². The fraction of sp³-hybridized carbons (Fsp3) is 0.333. The fourth-order valence-corrected chi connectivity index (χ4v) is 2.72. The van der Waals surface area contributed by atoms with Gasteiger partial charge in [-0.05, 0) is 18.1 Å². The molecule has 0 unspecified atom stereocenters. The van der Waals surface area contributed by atoms with Crippen molar-refractivity contribution in [3.63, 3.8) is 0 Å². The van der Waals surface area contributed by atoms with E-state index in [1.54, 1.807) is 16.0 Å². The zero-order valence-electron chi connectivity index (χ0n) is 14.2. The molecule has 7 heteroatoms. The van der Waals surface area contributed by atoms with Crippen molar-refractivity contribution < 1.29 is 9.59 Å². The smallest absolute Gasteiger partial charge is 0.274 e. The third-order valence-corrected chi connectivity index (χ3v) is 4.34. The number of carbonyl (C=O) groups excluding carboxylic acids is 2. The number of piperazine rings is 1. The summed E-state index contributed by atoms with van der Waals surface area (Å²) in [6, 6.07) is 8.14. The Kier molecular flexibility index (Phi) is 5.23. The van der Waals surface area contributed by atoms with Crippen molar-refractivity contribution in [2.45, 2.75) is 13.5 Å². The van der Waals surface area contributed by atoms with Crippen LogP contribution in [0.3, 0.4) is 0 Å². The Morgan fingerprint density at radius 3 is 2.56 bits per heavy atom. The van der Waals surface area contributed by atoms with Crippen molar-refractivity contribution >= 4 is 18.1 Å². The summed E-state index contributed by atoms with van der Waals surface area (Å²) in [6.45, 7) is 4.87. The van der Waals surface area contributed by atoms with Gasteiger partial charge in [-0.25, -0.2) is 9.97 Å². The highest BCUT2D eigenvalue weighted by Gasteiger charge is 2.22. The molecule has 1 aliphatic rings. The van der Waals surface area contributed by atoms with E-state index in [1.165, 1.54) is 17.3 Å². The van der Waals surface area contributed by atoms with Crippen molar-refractivity contribution in [3.05, 3.63) is 53.5 Å². The Balaban J connectivity index is 1.57. The molecular formula is C18H21N5O2. The minimum Gasteiger partial charge on any atom is -0.365 e. The average molecular weight is 339 g/mol. The quantitative estimate of drug-likeness (QED) is 0.831. The van der Waals surface area contributed by atoms with E-state index in [0.717, 1.165) is 6.41 Å². The number of benzene rings is 1. The van der Waals surface area contributed by atoms with Gasteiger partial charge >= 0.3 is 0 Å². The van der Waals surface area contributed by atoms with Gasteiger partial charge in [-0.3, -0.25) is 9.59 Å². The SMILES string of the molecule is Cc1ccccc1CNc1cnc(C(=O)N2CCN(C=O)CC2)cn1. The van der Waals surface area contributed by atoms with Crippen LogP contribution >= 0.6 is 0 Å². The molecule has 7 nitrogen and oxygen atoms in total. The average Bonchev–Trinajstić information content (AvgIpc) is 2.67. The van der Waals surface area contributed by atoms with E-state index in [2.05, 4.69) is 34.3 Å². The molecule has 0 spiro atoms. The predicted molar refractivity (Wildman–Crippen MR) is 94.1 cm³/mol. The normalized spacial score (nSPS) is 14.3. The Labute approximate surface area is 146 Å². The standard InChI is InChI=1S/C18H21N5O2/c1-14-4-2-3-5-15(14)10-20-17-12-19-16(11-21-17)18(25)23-8-6-22(13-24)7-9-23/h2-5,11-13H,6-10H2,1H3,(H,20,21). The van der Waals surface area contributed by atoms with Gasteiger partial charge in [-0.15, -0.1) is 0 Å². The summed E-state index contributed by atoms with van der Waals surface area (Å²) in [4.78, 5) is 35.0. The number of aromatic nitrogens is 2. The summed E-state index contributed by atoms with van der Waals surface area (Å²) in [5.41, 5.74) is 2.72. The lowest BCUT2D eigenvalue weighted by atomic mass is 10.1. The maximum absolute atomic E-state index is 12.4. The highest BCUT2D eigenvalue weighted by atomic mass is 16.2. The number of hydrogen-bond donors (Lipinski definition) is 1. The molecule has 1 aromatic heterocycles. The number of nitrogens with one attached hydrogen (secondary N) is 1. The van der Waals surface area contributed by atoms with Crippen molar-refractivity contribution in [3.8, 4) is 0 Å². The van der Waals surface area contributed by atoms with Gasteiger partial charge in [0.1, 0.15) is 11.5 Å². The van der Waals surface area contributed by atoms with Crippen molar-refractivity contribution in [1.82, 2.24) is 19.8 Å². The molecular weight excluding hydrogens is 318 g/mol. The lowest BCUT2D eigenvalue weighted by Crippen LogP contribution is -2.48. The zero-order chi connectivity index (χ0) is 17.6. The number of anilines is 1. The largest absolute Gasteiger partial charge is 0.365 e. The van der Waals surface area contributed by atoms with Crippen LogP contribution in [0, 0.1) is 6.92 Å². The second-order valence-corrected chi connectivity index (χ2v) is 6.00. The van der Waals surface area contributed by atoms with Crippen LogP contribution in [0.1, 0.15) is 21.6 Å². The third-order valence-electron chi connectivity index (χ3n) is 4.34. The predicted octanol–water partition coefficient (Wildman–Crippen LogP) is 1.31. The zero-order valence-corrected chi connectivity index (χ0v) is 14.2. The van der Waals surface area contributed by atoms with E-state index < -0.39 is 0 Å². The number of nitrogens with zero attached hydrogens (tertiary/aromatic N) is 4. The maximum atomic E-state index is 12.4. The first kappa shape index (κ1) is 16.9. The fourth-order valence-electron chi connectivity index (χ4n) is 2.72. The van der Waals surface area contributed by atoms with Crippen molar-refractivity contribution in [2.75, 3.05) is 31.5 Å². The third kappa shape index (κ3) is 4.12. The Hall–Kier alpha value is -2.96. The van der Waals surface area contributed by atoms with Gasteiger partial charge in [-0.2, -0.15) is 0 Å². The van der Waals surface area contributed by atoms with E-state index >= 15 is 0 Å². The summed E-state index contributed by atoms with van der Waals surface area (Å²) in [5, 5.41) is 3.22. The molecule has 0 radical (unpaired) electrons. The van der Waals surface area contributed by atoms with Crippen LogP contribution in [0.2, 0.25) is 0 Å². The monoisotopic (exact) mass is 339 g/mol. The second kappa shape index (κ2) is 7.74. The van der Waals surface area contributed by atoms with E-state index in [-0.39, 0.29) is 5.91 Å². The van der Waals surface area contributed by atoms with Crippen LogP contribution in [0.25, 0.3) is 0 Å². The van der Waals surface area contributed by atoms with E-state index in [9.17, 15) is 9.59 Å². The van der Waals surface area contributed by atoms with E-state index in [4.69, 9.17) is 0 Å². The van der Waals surface area contributed by atoms with Gasteiger partial charge in [0.25, 0.3) is 5.91 Å². The molecule has 25 heavy (non-hydrogen) atoms. The molecule has 2 aromatic rings. The molecule has 1 N–H and O–H groups in total. The van der Waals surface area contributed by atoms with Crippen LogP contribution in [0.4, 0.5) is 5.82 Å². The molecule has 130 valence electrons. The van der Waals surface area contributed by atoms with Gasteiger partial charge in [0.05, 0.1) is 12.4 Å². The van der Waals surface area contributed by atoms with Gasteiger partial charge in [0.15, 0.2) is 0 Å². The van der Waals surface area contributed by atoms with Crippen molar-refractivity contribution in [2.24, 2.45) is 0 Å². The Morgan fingerprint density at radius 1 is 1.16 bits per heavy atom. The van der Waals surface area contributed by atoms with Crippen molar-refractivity contribution in [1.29, 1.82) is 0 Å². The molecule has 1 saturated heterocycles. The van der Waals surface area contributed by atoms with Crippen LogP contribution in [-0.2, 0) is 11.3 Å². The topological polar surface area (TPSA) is 78.4 Å². The number of amides is 2. The lowest BCUT2D eigenvalue weighted by Gasteiger charge is -2.32. The number of hydrogen-bond acceptors (Lipinski definition) is 5. The first-order valence-corrected chi connectivity index (χ1v) is 8.26. The molecule has 2 amide bonds. The Bertz CT molecular complexity index is 739. The van der Waals surface area contributed by atoms with Crippen LogP contribution in [0.15, 0.2) is 36.7 Å². The first-order chi connectivity index (χ1) is 12.2. The minimum absolute atomic E-state index is 0.150. The van der Waals surface area contributed by atoms with Crippen LogP contribution in [0.5, 0.6) is 0 Å². The molecule has 0 saturated carbocycles. The molecule has 0 atom stereocenters. The Morgan fingerprint density at radius 2 is 1.92 bits per heavy atom. The molecule has 1 aromatic carbocycles. The van der Waals surface area contributed by atoms with E-state index in [0.29, 0.717) is 44.2 Å². The summed E-state index contributed by atoms with van der Waals surface area (Å²) in [7, 11) is 0. The highest BCUT2D eigenvalue weighted by Crippen LogP contribution is 2.11. The summed E-state index contributed by atoms with van der Waals surface area (Å²) in [6.07, 6.45) is 3.89. The minimum atomic E-state index is -0.150. The number of aryl methyl sites for hydroxylation is 1. The van der Waals surface area contributed by atoms with Crippen LogP contribution in [-0.4, -0.2) is 58.3 Å².